The van der Waals surface area contributed by atoms with Gasteiger partial charge >= 0.3 is 0 Å². The molecule has 1 aliphatic heterocycles. The average Bonchev–Trinajstić information content (AvgIpc) is 2.77. The first-order chi connectivity index (χ1) is 14.2. The minimum absolute atomic E-state index is 0. The Kier molecular flexibility index (Phi) is 7.90. The van der Waals surface area contributed by atoms with Gasteiger partial charge in [-0.05, 0) is 54.3 Å². The molecule has 5 nitrogen and oxygen atoms in total. The second-order valence-corrected chi connectivity index (χ2v) is 7.65. The van der Waals surface area contributed by atoms with Gasteiger partial charge in [-0.15, -0.1) is 24.0 Å². The fraction of sp³-hybridized carbons (Fsp3) is 0.333. The summed E-state index contributed by atoms with van der Waals surface area (Å²) in [4.78, 5) is 11.4. The van der Waals surface area contributed by atoms with Crippen LogP contribution in [0.5, 0.6) is 0 Å². The summed E-state index contributed by atoms with van der Waals surface area (Å²) in [6, 6.07) is 21.7. The summed E-state index contributed by atoms with van der Waals surface area (Å²) in [5.74, 6) is 1.95. The van der Waals surface area contributed by atoms with Crippen LogP contribution in [-0.2, 0) is 6.54 Å². The number of hydrogen-bond acceptors (Lipinski definition) is 3. The maximum absolute atomic E-state index is 4.65. The van der Waals surface area contributed by atoms with Crippen LogP contribution in [0.4, 0.5) is 5.82 Å². The molecule has 1 aromatic heterocycles. The summed E-state index contributed by atoms with van der Waals surface area (Å²) in [6.07, 6.45) is 2.15. The molecular formula is C24H30IN5. The first-order valence-electron chi connectivity index (χ1n) is 10.3. The van der Waals surface area contributed by atoms with E-state index in [9.17, 15) is 0 Å². The normalized spacial score (nSPS) is 15.0. The third kappa shape index (κ3) is 5.62. The average molecular weight is 515 g/mol. The lowest BCUT2D eigenvalue weighted by atomic mass is 10.1. The Morgan fingerprint density at radius 2 is 1.80 bits per heavy atom. The van der Waals surface area contributed by atoms with Crippen molar-refractivity contribution in [2.75, 3.05) is 25.0 Å². The van der Waals surface area contributed by atoms with Gasteiger partial charge in [0.1, 0.15) is 5.82 Å². The van der Waals surface area contributed by atoms with Crippen LogP contribution in [0.2, 0.25) is 0 Å². The number of nitrogens with one attached hydrogen (secondary N) is 2. The van der Waals surface area contributed by atoms with E-state index in [4.69, 9.17) is 0 Å². The summed E-state index contributed by atoms with van der Waals surface area (Å²) in [5, 5.41) is 9.59. The van der Waals surface area contributed by atoms with Gasteiger partial charge in [0.25, 0.3) is 0 Å². The second-order valence-electron chi connectivity index (χ2n) is 7.65. The number of guanidine groups is 1. The maximum Gasteiger partial charge on any atom is 0.191 e. The molecule has 1 aliphatic rings. The molecular weight excluding hydrogens is 485 g/mol. The molecule has 2 aromatic carbocycles. The highest BCUT2D eigenvalue weighted by Crippen LogP contribution is 2.18. The molecule has 2 N–H and O–H groups in total. The summed E-state index contributed by atoms with van der Waals surface area (Å²) in [6.45, 7) is 4.82. The Morgan fingerprint density at radius 3 is 2.53 bits per heavy atom. The van der Waals surface area contributed by atoms with E-state index in [1.165, 1.54) is 16.3 Å². The van der Waals surface area contributed by atoms with Crippen molar-refractivity contribution in [1.29, 1.82) is 0 Å². The molecule has 3 aromatic rings. The van der Waals surface area contributed by atoms with E-state index >= 15 is 0 Å². The highest BCUT2D eigenvalue weighted by molar-refractivity contribution is 14.0. The molecule has 0 bridgehead atoms. The van der Waals surface area contributed by atoms with Gasteiger partial charge in [0, 0.05) is 38.4 Å². The van der Waals surface area contributed by atoms with Crippen molar-refractivity contribution in [3.05, 3.63) is 71.9 Å². The number of rotatable bonds is 4. The number of halogens is 1. The van der Waals surface area contributed by atoms with Crippen LogP contribution in [0.25, 0.3) is 10.8 Å². The summed E-state index contributed by atoms with van der Waals surface area (Å²) in [5.41, 5.74) is 2.33. The van der Waals surface area contributed by atoms with E-state index in [-0.39, 0.29) is 24.0 Å². The Morgan fingerprint density at radius 1 is 1.03 bits per heavy atom. The molecule has 0 spiro atoms. The fourth-order valence-corrected chi connectivity index (χ4v) is 3.88. The first-order valence-corrected chi connectivity index (χ1v) is 10.3. The number of pyridine rings is 1. The fourth-order valence-electron chi connectivity index (χ4n) is 3.88. The second kappa shape index (κ2) is 10.6. The van der Waals surface area contributed by atoms with E-state index in [0.29, 0.717) is 6.04 Å². The summed E-state index contributed by atoms with van der Waals surface area (Å²) >= 11 is 0. The van der Waals surface area contributed by atoms with E-state index in [1.807, 2.05) is 20.0 Å². The van der Waals surface area contributed by atoms with Crippen molar-refractivity contribution >= 4 is 46.5 Å². The molecule has 0 amide bonds. The highest BCUT2D eigenvalue weighted by atomic mass is 127. The Hall–Kier alpha value is -2.35. The molecule has 0 radical (unpaired) electrons. The Bertz CT molecular complexity index is 996. The van der Waals surface area contributed by atoms with Crippen molar-refractivity contribution in [2.45, 2.75) is 32.4 Å². The molecule has 1 saturated heterocycles. The van der Waals surface area contributed by atoms with E-state index in [2.05, 4.69) is 80.1 Å². The van der Waals surface area contributed by atoms with Crippen LogP contribution < -0.4 is 15.5 Å². The van der Waals surface area contributed by atoms with Crippen molar-refractivity contribution in [3.8, 4) is 0 Å². The van der Waals surface area contributed by atoms with Crippen LogP contribution in [0.1, 0.15) is 24.1 Å². The van der Waals surface area contributed by atoms with Crippen LogP contribution in [0.15, 0.2) is 65.7 Å². The van der Waals surface area contributed by atoms with Crippen molar-refractivity contribution in [1.82, 2.24) is 15.6 Å². The quantitative estimate of drug-likeness (QED) is 0.306. The summed E-state index contributed by atoms with van der Waals surface area (Å²) in [7, 11) is 1.83. The lowest BCUT2D eigenvalue weighted by Crippen LogP contribution is -2.48. The van der Waals surface area contributed by atoms with Gasteiger partial charge in [-0.3, -0.25) is 4.99 Å². The van der Waals surface area contributed by atoms with Crippen LogP contribution >= 0.6 is 24.0 Å². The van der Waals surface area contributed by atoms with Crippen LogP contribution in [0.3, 0.4) is 0 Å². The first kappa shape index (κ1) is 22.3. The lowest BCUT2D eigenvalue weighted by molar-refractivity contribution is 0.459. The minimum atomic E-state index is 0. The molecule has 0 aliphatic carbocycles. The van der Waals surface area contributed by atoms with Gasteiger partial charge in [0.05, 0.1) is 0 Å². The standard InChI is InChI=1S/C24H29N5.HI/c1-18-6-5-9-23(27-18)29-14-12-22(13-15-29)28-24(25-2)26-17-19-10-11-20-7-3-4-8-21(20)16-19;/h3-11,16,22H,12-15,17H2,1-2H3,(H2,25,26,28);1H. The van der Waals surface area contributed by atoms with Crippen molar-refractivity contribution in [3.63, 3.8) is 0 Å². The number of aromatic nitrogens is 1. The van der Waals surface area contributed by atoms with Crippen molar-refractivity contribution < 1.29 is 0 Å². The zero-order valence-corrected chi connectivity index (χ0v) is 20.0. The van der Waals surface area contributed by atoms with Crippen LogP contribution in [0, 0.1) is 6.92 Å². The molecule has 0 unspecified atom stereocenters. The topological polar surface area (TPSA) is 52.6 Å². The number of hydrogen-bond donors (Lipinski definition) is 2. The predicted octanol–water partition coefficient (Wildman–Crippen LogP) is 4.50. The van der Waals surface area contributed by atoms with Gasteiger partial charge in [0.15, 0.2) is 5.96 Å². The van der Waals surface area contributed by atoms with E-state index in [0.717, 1.165) is 49.9 Å². The SMILES string of the molecule is CN=C(NCc1ccc2ccccc2c1)NC1CCN(c2cccc(C)n2)CC1.I. The molecule has 0 saturated carbocycles. The number of benzene rings is 2. The van der Waals surface area contributed by atoms with Gasteiger partial charge in [0.2, 0.25) is 0 Å². The molecule has 2 heterocycles. The minimum Gasteiger partial charge on any atom is -0.356 e. The number of piperidine rings is 1. The monoisotopic (exact) mass is 515 g/mol. The number of nitrogens with zero attached hydrogens (tertiary/aromatic N) is 3. The predicted molar refractivity (Wildman–Crippen MR) is 137 cm³/mol. The van der Waals surface area contributed by atoms with Crippen LogP contribution in [-0.4, -0.2) is 37.1 Å². The highest BCUT2D eigenvalue weighted by Gasteiger charge is 2.20. The molecule has 0 atom stereocenters. The number of aliphatic imine (C=N–C) groups is 1. The number of fused-ring (bicyclic) bond motifs is 1. The number of aryl methyl sites for hydroxylation is 1. The maximum atomic E-state index is 4.65. The largest absolute Gasteiger partial charge is 0.356 e. The third-order valence-corrected chi connectivity index (χ3v) is 5.53. The number of anilines is 1. The third-order valence-electron chi connectivity index (χ3n) is 5.53. The van der Waals surface area contributed by atoms with Gasteiger partial charge in [-0.25, -0.2) is 4.98 Å². The smallest absolute Gasteiger partial charge is 0.191 e. The molecule has 1 fully saturated rings. The Labute approximate surface area is 196 Å². The lowest BCUT2D eigenvalue weighted by Gasteiger charge is -2.34. The molecule has 30 heavy (non-hydrogen) atoms. The van der Waals surface area contributed by atoms with Gasteiger partial charge in [-0.1, -0.05) is 42.5 Å². The van der Waals surface area contributed by atoms with Gasteiger partial charge in [-0.2, -0.15) is 0 Å². The summed E-state index contributed by atoms with van der Waals surface area (Å²) < 4.78 is 0. The zero-order chi connectivity index (χ0) is 20.1. The van der Waals surface area contributed by atoms with Crippen molar-refractivity contribution in [2.24, 2.45) is 4.99 Å². The molecule has 4 rings (SSSR count). The van der Waals surface area contributed by atoms with E-state index < -0.39 is 0 Å². The Balaban J connectivity index is 0.00000256. The van der Waals surface area contributed by atoms with E-state index in [1.54, 1.807) is 0 Å². The zero-order valence-electron chi connectivity index (χ0n) is 17.6. The van der Waals surface area contributed by atoms with Gasteiger partial charge < -0.3 is 15.5 Å². The molecule has 6 heteroatoms. The molecule has 158 valence electrons.